The number of hydrogen-bond acceptors (Lipinski definition) is 3. The predicted octanol–water partition coefficient (Wildman–Crippen LogP) is 6.62. The molecule has 3 rings (SSSR count). The van der Waals surface area contributed by atoms with Gasteiger partial charge >= 0.3 is 6.61 Å². The monoisotopic (exact) mass is 567 g/mol. The van der Waals surface area contributed by atoms with Crippen LogP contribution in [0.25, 0.3) is 0 Å². The molecule has 0 aliphatic rings. The number of hydrogen-bond donors (Lipinski definition) is 1. The number of ether oxygens (including phenoxy) is 1. The molecule has 1 amide bonds. The summed E-state index contributed by atoms with van der Waals surface area (Å²) in [6.07, 6.45) is 1.66. The van der Waals surface area contributed by atoms with Crippen LogP contribution in [-0.4, -0.2) is 22.3 Å². The minimum Gasteiger partial charge on any atom is -0.434 e. The summed E-state index contributed by atoms with van der Waals surface area (Å²) < 4.78 is 32.3. The molecular weight excluding hydrogens is 559 g/mol. The molecule has 0 radical (unpaired) electrons. The van der Waals surface area contributed by atoms with E-state index in [1.54, 1.807) is 29.1 Å². The van der Waals surface area contributed by atoms with Crippen LogP contribution in [0, 0.1) is 0 Å². The number of aromatic nitrogens is 2. The lowest BCUT2D eigenvalue weighted by Gasteiger charge is -2.11. The first-order valence-corrected chi connectivity index (χ1v) is 10.3. The van der Waals surface area contributed by atoms with E-state index in [0.29, 0.717) is 25.5 Å². The van der Waals surface area contributed by atoms with Crippen molar-refractivity contribution in [3.05, 3.63) is 72.7 Å². The van der Waals surface area contributed by atoms with Crippen LogP contribution in [0.2, 0.25) is 10.0 Å². The predicted molar refractivity (Wildman–Crippen MR) is 114 cm³/mol. The molecule has 0 atom stereocenters. The van der Waals surface area contributed by atoms with E-state index in [9.17, 15) is 13.6 Å². The first-order chi connectivity index (χ1) is 13.7. The highest BCUT2D eigenvalue weighted by Crippen LogP contribution is 2.28. The molecule has 0 aliphatic heterocycles. The Labute approximate surface area is 191 Å². The zero-order valence-electron chi connectivity index (χ0n) is 14.3. The third kappa shape index (κ3) is 5.69. The number of amides is 1. The van der Waals surface area contributed by atoms with Crippen molar-refractivity contribution in [1.29, 1.82) is 0 Å². The third-order valence-electron chi connectivity index (χ3n) is 3.68. The van der Waals surface area contributed by atoms with E-state index in [1.807, 2.05) is 0 Å². The summed E-state index contributed by atoms with van der Waals surface area (Å²) in [5.41, 5.74) is 0.789. The molecule has 0 aliphatic carbocycles. The number of rotatable bonds is 6. The van der Waals surface area contributed by atoms with Gasteiger partial charge in [0.15, 0.2) is 5.82 Å². The van der Waals surface area contributed by atoms with Crippen molar-refractivity contribution in [2.45, 2.75) is 13.2 Å². The van der Waals surface area contributed by atoms with Gasteiger partial charge in [-0.3, -0.25) is 9.48 Å². The average molecular weight is 570 g/mol. The molecule has 11 heteroatoms. The van der Waals surface area contributed by atoms with Gasteiger partial charge in [0.1, 0.15) is 5.75 Å². The lowest BCUT2D eigenvalue weighted by Crippen LogP contribution is -2.16. The van der Waals surface area contributed by atoms with Crippen LogP contribution >= 0.6 is 55.1 Å². The van der Waals surface area contributed by atoms with Crippen molar-refractivity contribution < 1.29 is 18.3 Å². The van der Waals surface area contributed by atoms with Crippen LogP contribution in [0.1, 0.15) is 15.9 Å². The first kappa shape index (κ1) is 22.0. The van der Waals surface area contributed by atoms with Gasteiger partial charge in [0.25, 0.3) is 5.91 Å². The highest BCUT2D eigenvalue weighted by Gasteiger charge is 2.19. The van der Waals surface area contributed by atoms with Gasteiger partial charge in [-0.25, -0.2) is 0 Å². The average Bonchev–Trinajstić information content (AvgIpc) is 2.98. The fourth-order valence-corrected chi connectivity index (χ4v) is 3.54. The molecule has 152 valence electrons. The number of benzene rings is 2. The van der Waals surface area contributed by atoms with Crippen molar-refractivity contribution >= 4 is 66.8 Å². The van der Waals surface area contributed by atoms with Gasteiger partial charge in [-0.15, -0.1) is 0 Å². The fourth-order valence-electron chi connectivity index (χ4n) is 2.44. The smallest absolute Gasteiger partial charge is 0.387 e. The van der Waals surface area contributed by atoms with E-state index in [-0.39, 0.29) is 17.1 Å². The van der Waals surface area contributed by atoms with E-state index in [2.05, 4.69) is 47.0 Å². The molecule has 2 aromatic carbocycles. The number of halogens is 6. The molecule has 3 aromatic rings. The number of anilines is 1. The molecule has 29 heavy (non-hydrogen) atoms. The van der Waals surface area contributed by atoms with Crippen molar-refractivity contribution in [3.8, 4) is 5.75 Å². The molecule has 1 heterocycles. The number of carbonyl (C=O) groups is 1. The molecule has 0 unspecified atom stereocenters. The van der Waals surface area contributed by atoms with Gasteiger partial charge in [-0.2, -0.15) is 13.9 Å². The number of alkyl halides is 2. The van der Waals surface area contributed by atoms with Gasteiger partial charge in [0.2, 0.25) is 0 Å². The van der Waals surface area contributed by atoms with E-state index in [1.165, 1.54) is 18.2 Å². The molecule has 1 N–H and O–H groups in total. The van der Waals surface area contributed by atoms with Gasteiger partial charge in [0, 0.05) is 10.7 Å². The summed E-state index contributed by atoms with van der Waals surface area (Å²) in [7, 11) is 0. The van der Waals surface area contributed by atoms with E-state index in [0.717, 1.165) is 5.56 Å². The Hall–Kier alpha value is -1.68. The van der Waals surface area contributed by atoms with E-state index in [4.69, 9.17) is 23.2 Å². The summed E-state index contributed by atoms with van der Waals surface area (Å²) in [5.74, 6) is -0.674. The van der Waals surface area contributed by atoms with Crippen molar-refractivity contribution in [1.82, 2.24) is 9.78 Å². The van der Waals surface area contributed by atoms with E-state index < -0.39 is 12.5 Å². The standard InChI is InChI=1S/C18H11Br2Cl2F2N3O2/c19-10-2-4-15(29-18(23)24)11(6-10)17(28)25-16-12(20)8-27(26-16)7-9-1-3-13(21)14(22)5-9/h1-6,8,18H,7H2,(H,25,26,28). The third-order valence-corrected chi connectivity index (χ3v) is 5.49. The lowest BCUT2D eigenvalue weighted by atomic mass is 10.2. The summed E-state index contributed by atoms with van der Waals surface area (Å²) in [5, 5.41) is 7.75. The largest absolute Gasteiger partial charge is 0.434 e. The molecule has 1 aromatic heterocycles. The number of nitrogens with zero attached hydrogens (tertiary/aromatic N) is 2. The van der Waals surface area contributed by atoms with Crippen molar-refractivity contribution in [2.24, 2.45) is 0 Å². The van der Waals surface area contributed by atoms with Crippen LogP contribution in [0.15, 0.2) is 51.5 Å². The molecular formula is C18H11Br2Cl2F2N3O2. The fraction of sp³-hybridized carbons (Fsp3) is 0.111. The molecule has 0 spiro atoms. The highest BCUT2D eigenvalue weighted by atomic mass is 79.9. The second kappa shape index (κ2) is 9.42. The Morgan fingerprint density at radius 2 is 1.93 bits per heavy atom. The van der Waals surface area contributed by atoms with Gasteiger partial charge in [-0.1, -0.05) is 45.2 Å². The second-order valence-electron chi connectivity index (χ2n) is 5.74. The minimum atomic E-state index is -3.06. The molecule has 5 nitrogen and oxygen atoms in total. The Kier molecular flexibility index (Phi) is 7.15. The highest BCUT2D eigenvalue weighted by molar-refractivity contribution is 9.10. The van der Waals surface area contributed by atoms with Crippen LogP contribution in [0.4, 0.5) is 14.6 Å². The zero-order valence-corrected chi connectivity index (χ0v) is 19.0. The van der Waals surface area contributed by atoms with Gasteiger partial charge in [-0.05, 0) is 51.8 Å². The number of nitrogens with one attached hydrogen (secondary N) is 1. The molecule has 0 saturated heterocycles. The quantitative estimate of drug-likeness (QED) is 0.363. The van der Waals surface area contributed by atoms with Crippen LogP contribution < -0.4 is 10.1 Å². The van der Waals surface area contributed by atoms with Crippen LogP contribution in [-0.2, 0) is 6.54 Å². The summed E-state index contributed by atoms with van der Waals surface area (Å²) in [4.78, 5) is 12.6. The van der Waals surface area contributed by atoms with Crippen molar-refractivity contribution in [3.63, 3.8) is 0 Å². The lowest BCUT2D eigenvalue weighted by molar-refractivity contribution is -0.0501. The zero-order chi connectivity index (χ0) is 21.1. The Morgan fingerprint density at radius 3 is 2.62 bits per heavy atom. The summed E-state index contributed by atoms with van der Waals surface area (Å²) in [6, 6.07) is 9.36. The summed E-state index contributed by atoms with van der Waals surface area (Å²) >= 11 is 18.5. The maximum atomic E-state index is 12.6. The Morgan fingerprint density at radius 1 is 1.17 bits per heavy atom. The van der Waals surface area contributed by atoms with E-state index >= 15 is 0 Å². The molecule has 0 bridgehead atoms. The van der Waals surface area contributed by atoms with Gasteiger partial charge in [0.05, 0.1) is 26.6 Å². The first-order valence-electron chi connectivity index (χ1n) is 7.95. The van der Waals surface area contributed by atoms with Crippen LogP contribution in [0.5, 0.6) is 5.75 Å². The maximum absolute atomic E-state index is 12.6. The number of carbonyl (C=O) groups excluding carboxylic acids is 1. The maximum Gasteiger partial charge on any atom is 0.387 e. The molecule has 0 saturated carbocycles. The SMILES string of the molecule is O=C(Nc1nn(Cc2ccc(Cl)c(Cl)c2)cc1Br)c1cc(Br)ccc1OC(F)F. The molecule has 0 fully saturated rings. The normalized spacial score (nSPS) is 11.0. The van der Waals surface area contributed by atoms with Crippen molar-refractivity contribution in [2.75, 3.05) is 5.32 Å². The Balaban J connectivity index is 1.80. The second-order valence-corrected chi connectivity index (χ2v) is 8.33. The summed E-state index contributed by atoms with van der Waals surface area (Å²) in [6.45, 7) is -2.68. The van der Waals surface area contributed by atoms with Crippen LogP contribution in [0.3, 0.4) is 0 Å². The topological polar surface area (TPSA) is 56.2 Å². The minimum absolute atomic E-state index is 0.0643. The Bertz CT molecular complexity index is 1060. The van der Waals surface area contributed by atoms with Gasteiger partial charge < -0.3 is 10.1 Å².